The molecule has 18 aromatic rings. The van der Waals surface area contributed by atoms with Crippen molar-refractivity contribution in [2.24, 2.45) is 0 Å². The van der Waals surface area contributed by atoms with Crippen LogP contribution in [0.4, 0.5) is 0 Å². The highest BCUT2D eigenvalue weighted by Crippen LogP contribution is 2.53. The zero-order chi connectivity index (χ0) is 73.9. The third-order valence-corrected chi connectivity index (χ3v) is 22.3. The molecule has 0 fully saturated rings. The molecule has 2 heterocycles. The van der Waals surface area contributed by atoms with Crippen molar-refractivity contribution in [2.75, 3.05) is 0 Å². The molecule has 0 radical (unpaired) electrons. The lowest BCUT2D eigenvalue weighted by Gasteiger charge is -2.24. The summed E-state index contributed by atoms with van der Waals surface area (Å²) >= 11 is 0. The van der Waals surface area contributed by atoms with Gasteiger partial charge in [0, 0.05) is 44.2 Å². The van der Waals surface area contributed by atoms with Gasteiger partial charge in [-0.25, -0.2) is 29.9 Å². The van der Waals surface area contributed by atoms with Crippen LogP contribution in [0, 0.1) is 0 Å². The number of benzene rings is 16. The van der Waals surface area contributed by atoms with Crippen LogP contribution < -0.4 is 0 Å². The van der Waals surface area contributed by atoms with Crippen LogP contribution >= 0.6 is 0 Å². The maximum Gasteiger partial charge on any atom is 0.164 e. The molecule has 0 amide bonds. The Morgan fingerprint density at radius 1 is 0.155 bits per heavy atom. The van der Waals surface area contributed by atoms with Crippen LogP contribution in [0.2, 0.25) is 0 Å². The van der Waals surface area contributed by atoms with Crippen molar-refractivity contribution in [2.45, 2.75) is 38.5 Å². The molecule has 0 bridgehead atoms. The number of nitrogens with zero attached hydrogens (tertiary/aromatic N) is 6. The Morgan fingerprint density at radius 2 is 0.409 bits per heavy atom. The first-order chi connectivity index (χ1) is 54.0. The van der Waals surface area contributed by atoms with Crippen molar-refractivity contribution in [3.63, 3.8) is 0 Å². The molecule has 2 aromatic heterocycles. The second-order valence-corrected chi connectivity index (χ2v) is 29.8. The minimum Gasteiger partial charge on any atom is -0.208 e. The fraction of sp³-hybridized carbons (Fsp3) is 0.0577. The van der Waals surface area contributed by atoms with Gasteiger partial charge in [-0.15, -0.1) is 0 Å². The summed E-state index contributed by atoms with van der Waals surface area (Å²) in [7, 11) is 0. The SMILES string of the molecule is CC1(C)c2ccccc2-c2ccc(-c3ccc4ccc(-c5nc(-c6ccc(-c7ccccc7)cc6)nc(-c6ccc(-c7ccccc7)cc6)n5)cc4c3)cc21.CC1(C)c2ccccc2-c2cccc(-c3ccc4ccc(-c5nc(-c6ccc(-c7ccccc7)cc6)nc(-c6ccc(-c7ccccc7)cc6)n5)cc4c3)c21. The molecule has 6 nitrogen and oxygen atoms in total. The van der Waals surface area contributed by atoms with Crippen LogP contribution in [0.25, 0.3) is 179 Å². The Kier molecular flexibility index (Phi) is 16.8. The quantitative estimate of drug-likeness (QED) is 0.121. The third kappa shape index (κ3) is 12.5. The molecule has 0 saturated carbocycles. The molecule has 6 heteroatoms. The highest BCUT2D eigenvalue weighted by Gasteiger charge is 2.38. The van der Waals surface area contributed by atoms with Gasteiger partial charge in [0.25, 0.3) is 0 Å². The summed E-state index contributed by atoms with van der Waals surface area (Å²) in [5.41, 5.74) is 30.5. The molecule has 0 unspecified atom stereocenters. The molecule has 520 valence electrons. The van der Waals surface area contributed by atoms with Gasteiger partial charge < -0.3 is 0 Å². The van der Waals surface area contributed by atoms with E-state index in [1.165, 1.54) is 99.8 Å². The van der Waals surface area contributed by atoms with Crippen molar-refractivity contribution in [1.29, 1.82) is 0 Å². The normalized spacial score (nSPS) is 12.7. The zero-order valence-electron chi connectivity index (χ0n) is 61.5. The fourth-order valence-corrected chi connectivity index (χ4v) is 16.4. The maximum absolute atomic E-state index is 5.12. The van der Waals surface area contributed by atoms with Gasteiger partial charge >= 0.3 is 0 Å². The molecule has 0 N–H and O–H groups in total. The number of hydrogen-bond donors (Lipinski definition) is 0. The van der Waals surface area contributed by atoms with Crippen LogP contribution in [0.1, 0.15) is 49.9 Å². The molecule has 16 aromatic carbocycles. The monoisotopic (exact) mass is 1410 g/mol. The van der Waals surface area contributed by atoms with E-state index < -0.39 is 0 Å². The standard InChI is InChI=1S/2C52H37N3/c1-52(2)47-19-10-9-16-45(47)46-18-11-17-44(48(46)52)41-30-24-38-25-31-42(33-43(38)32-41)51-54-49(39-26-20-36(21-27-39)34-12-5-3-6-13-34)53-50(55-51)40-28-22-37(23-29-40)35-14-7-4-8-15-35;1-52(2)47-16-10-9-15-45(47)46-30-29-42(33-48(46)52)41-27-21-38-22-28-43(32-44(38)31-41)51-54-49(39-23-17-36(18-24-39)34-11-5-3-6-12-34)53-50(55-51)40-25-19-37(20-26-40)35-13-7-4-8-14-35/h2*3-33H,1-2H3. The van der Waals surface area contributed by atoms with Crippen molar-refractivity contribution in [1.82, 2.24) is 29.9 Å². The predicted octanol–water partition coefficient (Wildman–Crippen LogP) is 26.7. The van der Waals surface area contributed by atoms with Crippen LogP contribution in [0.15, 0.2) is 376 Å². The number of fused-ring (bicyclic) bond motifs is 8. The minimum absolute atomic E-state index is 0.0518. The van der Waals surface area contributed by atoms with E-state index in [9.17, 15) is 0 Å². The van der Waals surface area contributed by atoms with Gasteiger partial charge in [-0.3, -0.25) is 0 Å². The van der Waals surface area contributed by atoms with Gasteiger partial charge in [-0.05, 0) is 163 Å². The largest absolute Gasteiger partial charge is 0.208 e. The minimum atomic E-state index is -0.102. The lowest BCUT2D eigenvalue weighted by Crippen LogP contribution is -2.16. The zero-order valence-corrected chi connectivity index (χ0v) is 61.5. The van der Waals surface area contributed by atoms with Gasteiger partial charge in [-0.1, -0.05) is 373 Å². The molecular weight excluding hydrogens is 1330 g/mol. The molecule has 20 rings (SSSR count). The van der Waals surface area contributed by atoms with Crippen LogP contribution in [-0.4, -0.2) is 29.9 Å². The lowest BCUT2D eigenvalue weighted by atomic mass is 9.78. The first kappa shape index (κ1) is 66.7. The van der Waals surface area contributed by atoms with E-state index in [1.54, 1.807) is 0 Å². The van der Waals surface area contributed by atoms with E-state index in [2.05, 4.69) is 380 Å². The van der Waals surface area contributed by atoms with Crippen molar-refractivity contribution >= 4 is 21.5 Å². The van der Waals surface area contributed by atoms with Crippen LogP contribution in [-0.2, 0) is 10.8 Å². The Hall–Kier alpha value is -13.9. The molecule has 0 spiro atoms. The highest BCUT2D eigenvalue weighted by molar-refractivity contribution is 5.95. The summed E-state index contributed by atoms with van der Waals surface area (Å²) in [5.74, 6) is 3.85. The summed E-state index contributed by atoms with van der Waals surface area (Å²) in [6.07, 6.45) is 0. The van der Waals surface area contributed by atoms with Crippen molar-refractivity contribution < 1.29 is 0 Å². The fourth-order valence-electron chi connectivity index (χ4n) is 16.4. The van der Waals surface area contributed by atoms with E-state index in [-0.39, 0.29) is 10.8 Å². The lowest BCUT2D eigenvalue weighted by molar-refractivity contribution is 0.660. The Bertz CT molecular complexity index is 6310. The topological polar surface area (TPSA) is 77.3 Å². The third-order valence-electron chi connectivity index (χ3n) is 22.3. The highest BCUT2D eigenvalue weighted by atomic mass is 15.0. The smallest absolute Gasteiger partial charge is 0.164 e. The Labute approximate surface area is 641 Å². The predicted molar refractivity (Wildman–Crippen MR) is 455 cm³/mol. The Balaban J connectivity index is 0.000000149. The molecular formula is C104H74N6. The number of hydrogen-bond acceptors (Lipinski definition) is 6. The van der Waals surface area contributed by atoms with Crippen molar-refractivity contribution in [3.05, 3.63) is 398 Å². The van der Waals surface area contributed by atoms with Crippen LogP contribution in [0.3, 0.4) is 0 Å². The summed E-state index contributed by atoms with van der Waals surface area (Å²) in [6, 6.07) is 134. The maximum atomic E-state index is 5.12. The molecule has 0 atom stereocenters. The second kappa shape index (κ2) is 27.8. The van der Waals surface area contributed by atoms with Gasteiger partial charge in [0.2, 0.25) is 0 Å². The first-order valence-electron chi connectivity index (χ1n) is 37.7. The van der Waals surface area contributed by atoms with Crippen LogP contribution in [0.5, 0.6) is 0 Å². The number of rotatable bonds is 12. The second-order valence-electron chi connectivity index (χ2n) is 29.8. The average Bonchev–Trinajstić information content (AvgIpc) is 1.57. The van der Waals surface area contributed by atoms with Crippen molar-refractivity contribution in [3.8, 4) is 157 Å². The van der Waals surface area contributed by atoms with Gasteiger partial charge in [0.15, 0.2) is 34.9 Å². The van der Waals surface area contributed by atoms with E-state index in [4.69, 9.17) is 29.9 Å². The van der Waals surface area contributed by atoms with E-state index in [1.807, 2.05) is 24.3 Å². The summed E-state index contributed by atoms with van der Waals surface area (Å²) in [5, 5.41) is 4.62. The van der Waals surface area contributed by atoms with E-state index in [0.29, 0.717) is 34.9 Å². The Morgan fingerprint density at radius 3 is 0.818 bits per heavy atom. The molecule has 0 aliphatic heterocycles. The van der Waals surface area contributed by atoms with E-state index >= 15 is 0 Å². The van der Waals surface area contributed by atoms with Gasteiger partial charge in [0.05, 0.1) is 0 Å². The molecule has 110 heavy (non-hydrogen) atoms. The molecule has 0 saturated heterocycles. The van der Waals surface area contributed by atoms with Gasteiger partial charge in [-0.2, -0.15) is 0 Å². The van der Waals surface area contributed by atoms with E-state index in [0.717, 1.165) is 66.4 Å². The average molecular weight is 1410 g/mol. The first-order valence-corrected chi connectivity index (χ1v) is 37.7. The van der Waals surface area contributed by atoms with Gasteiger partial charge in [0.1, 0.15) is 0 Å². The number of aromatic nitrogens is 6. The summed E-state index contributed by atoms with van der Waals surface area (Å²) < 4.78 is 0. The summed E-state index contributed by atoms with van der Waals surface area (Å²) in [4.78, 5) is 30.6. The summed E-state index contributed by atoms with van der Waals surface area (Å²) in [6.45, 7) is 9.36. The molecule has 2 aliphatic rings. The molecule has 2 aliphatic carbocycles.